The van der Waals surface area contributed by atoms with Gasteiger partial charge in [-0.2, -0.15) is 0 Å². The van der Waals surface area contributed by atoms with Crippen LogP contribution < -0.4 is 5.73 Å². The number of hydrogen-bond donors (Lipinski definition) is 1. The van der Waals surface area contributed by atoms with Crippen LogP contribution in [0.15, 0.2) is 30.4 Å². The topological polar surface area (TPSA) is 26.0 Å². The first-order chi connectivity index (χ1) is 7.04. The second-order valence-electron chi connectivity index (χ2n) is 3.58. The number of hydrogen-bond acceptors (Lipinski definition) is 1. The lowest BCUT2D eigenvalue weighted by Crippen LogP contribution is -2.12. The summed E-state index contributed by atoms with van der Waals surface area (Å²) in [5.74, 6) is -0.309. The standard InChI is InChI=1S/C12H15ClFN/c1-3-8(2)6-12(15)10-7-9(13)4-5-11(10)14/h4-5,7,12H,2-3,6,15H2,1H3. The van der Waals surface area contributed by atoms with E-state index in [0.717, 1.165) is 12.0 Å². The maximum Gasteiger partial charge on any atom is 0.128 e. The molecule has 0 saturated carbocycles. The first kappa shape index (κ1) is 12.2. The second kappa shape index (κ2) is 5.29. The quantitative estimate of drug-likeness (QED) is 0.778. The number of benzene rings is 1. The van der Waals surface area contributed by atoms with Crippen molar-refractivity contribution in [2.45, 2.75) is 25.8 Å². The van der Waals surface area contributed by atoms with E-state index in [9.17, 15) is 4.39 Å². The lowest BCUT2D eigenvalue weighted by atomic mass is 9.99. The third kappa shape index (κ3) is 3.33. The minimum absolute atomic E-state index is 0.309. The fraction of sp³-hybridized carbons (Fsp3) is 0.333. The molecule has 0 aliphatic heterocycles. The molecular weight excluding hydrogens is 213 g/mol. The minimum Gasteiger partial charge on any atom is -0.324 e. The maximum atomic E-state index is 13.4. The van der Waals surface area contributed by atoms with Crippen LogP contribution in [0.2, 0.25) is 5.02 Å². The first-order valence-corrected chi connectivity index (χ1v) is 5.29. The van der Waals surface area contributed by atoms with E-state index in [0.29, 0.717) is 17.0 Å². The summed E-state index contributed by atoms with van der Waals surface area (Å²) in [7, 11) is 0. The molecule has 1 nitrogen and oxygen atoms in total. The van der Waals surface area contributed by atoms with E-state index >= 15 is 0 Å². The first-order valence-electron chi connectivity index (χ1n) is 4.91. The van der Waals surface area contributed by atoms with Crippen LogP contribution in [0.3, 0.4) is 0 Å². The van der Waals surface area contributed by atoms with Crippen molar-refractivity contribution in [2.24, 2.45) is 5.73 Å². The van der Waals surface area contributed by atoms with Crippen LogP contribution in [0.1, 0.15) is 31.4 Å². The summed E-state index contributed by atoms with van der Waals surface area (Å²) in [5.41, 5.74) is 7.35. The molecule has 0 aromatic heterocycles. The van der Waals surface area contributed by atoms with Gasteiger partial charge >= 0.3 is 0 Å². The number of halogens is 2. The normalized spacial score (nSPS) is 12.5. The summed E-state index contributed by atoms with van der Waals surface area (Å²) < 4.78 is 13.4. The maximum absolute atomic E-state index is 13.4. The molecular formula is C12H15ClFN. The highest BCUT2D eigenvalue weighted by Gasteiger charge is 2.12. The van der Waals surface area contributed by atoms with Gasteiger partial charge in [-0.25, -0.2) is 4.39 Å². The van der Waals surface area contributed by atoms with E-state index in [1.807, 2.05) is 6.92 Å². The summed E-state index contributed by atoms with van der Waals surface area (Å²) in [6.07, 6.45) is 1.45. The highest BCUT2D eigenvalue weighted by Crippen LogP contribution is 2.24. The monoisotopic (exact) mass is 227 g/mol. The van der Waals surface area contributed by atoms with Crippen molar-refractivity contribution in [1.82, 2.24) is 0 Å². The highest BCUT2D eigenvalue weighted by atomic mass is 35.5. The third-order valence-corrected chi connectivity index (χ3v) is 2.60. The van der Waals surface area contributed by atoms with Gasteiger partial charge in [0.25, 0.3) is 0 Å². The fourth-order valence-electron chi connectivity index (χ4n) is 1.36. The molecule has 0 heterocycles. The number of rotatable bonds is 4. The molecule has 0 aliphatic carbocycles. The van der Waals surface area contributed by atoms with Crippen LogP contribution in [-0.4, -0.2) is 0 Å². The Morgan fingerprint density at radius 1 is 1.60 bits per heavy atom. The lowest BCUT2D eigenvalue weighted by molar-refractivity contribution is 0.577. The van der Waals surface area contributed by atoms with Crippen molar-refractivity contribution >= 4 is 11.6 Å². The summed E-state index contributed by atoms with van der Waals surface area (Å²) >= 11 is 5.79. The average Bonchev–Trinajstić information content (AvgIpc) is 2.21. The molecule has 0 spiro atoms. The largest absolute Gasteiger partial charge is 0.324 e. The Hall–Kier alpha value is -0.860. The highest BCUT2D eigenvalue weighted by molar-refractivity contribution is 6.30. The van der Waals surface area contributed by atoms with Gasteiger partial charge in [-0.3, -0.25) is 0 Å². The summed E-state index contributed by atoms with van der Waals surface area (Å²) in [5, 5.41) is 0.504. The van der Waals surface area contributed by atoms with Gasteiger partial charge < -0.3 is 5.73 Å². The Balaban J connectivity index is 2.85. The predicted octanol–water partition coefficient (Wildman–Crippen LogP) is 3.84. The second-order valence-corrected chi connectivity index (χ2v) is 4.02. The van der Waals surface area contributed by atoms with Gasteiger partial charge in [0.2, 0.25) is 0 Å². The van der Waals surface area contributed by atoms with Crippen molar-refractivity contribution < 1.29 is 4.39 Å². The van der Waals surface area contributed by atoms with E-state index in [1.165, 1.54) is 12.1 Å². The molecule has 1 rings (SSSR count). The Bertz CT molecular complexity index is 363. The van der Waals surface area contributed by atoms with Crippen LogP contribution in [0.25, 0.3) is 0 Å². The minimum atomic E-state index is -0.365. The van der Waals surface area contributed by atoms with Gasteiger partial charge in [0.1, 0.15) is 5.82 Å². The van der Waals surface area contributed by atoms with Gasteiger partial charge in [-0.05, 0) is 31.0 Å². The zero-order chi connectivity index (χ0) is 11.4. The third-order valence-electron chi connectivity index (χ3n) is 2.37. The van der Waals surface area contributed by atoms with E-state index in [1.54, 1.807) is 6.07 Å². The average molecular weight is 228 g/mol. The smallest absolute Gasteiger partial charge is 0.128 e. The Labute approximate surface area is 94.7 Å². The number of nitrogens with two attached hydrogens (primary N) is 1. The van der Waals surface area contributed by atoms with E-state index in [4.69, 9.17) is 17.3 Å². The van der Waals surface area contributed by atoms with Gasteiger partial charge in [0, 0.05) is 16.6 Å². The summed E-state index contributed by atoms with van der Waals surface area (Å²) in [6, 6.07) is 4.06. The lowest BCUT2D eigenvalue weighted by Gasteiger charge is -2.14. The van der Waals surface area contributed by atoms with Gasteiger partial charge in [-0.1, -0.05) is 30.7 Å². The van der Waals surface area contributed by atoms with Crippen LogP contribution in [0.4, 0.5) is 4.39 Å². The zero-order valence-electron chi connectivity index (χ0n) is 8.76. The van der Waals surface area contributed by atoms with E-state index in [-0.39, 0.29) is 11.9 Å². The van der Waals surface area contributed by atoms with Crippen molar-refractivity contribution in [3.05, 3.63) is 46.8 Å². The van der Waals surface area contributed by atoms with Crippen LogP contribution >= 0.6 is 11.6 Å². The molecule has 3 heteroatoms. The van der Waals surface area contributed by atoms with Crippen LogP contribution in [0.5, 0.6) is 0 Å². The van der Waals surface area contributed by atoms with Crippen molar-refractivity contribution in [3.63, 3.8) is 0 Å². The predicted molar refractivity (Wildman–Crippen MR) is 62.4 cm³/mol. The molecule has 1 aromatic carbocycles. The molecule has 1 atom stereocenters. The Morgan fingerprint density at radius 2 is 2.27 bits per heavy atom. The van der Waals surface area contributed by atoms with E-state index < -0.39 is 0 Å². The molecule has 2 N–H and O–H groups in total. The molecule has 15 heavy (non-hydrogen) atoms. The fourth-order valence-corrected chi connectivity index (χ4v) is 1.54. The van der Waals surface area contributed by atoms with Gasteiger partial charge in [-0.15, -0.1) is 0 Å². The van der Waals surface area contributed by atoms with Gasteiger partial charge in [0.15, 0.2) is 0 Å². The van der Waals surface area contributed by atoms with E-state index in [2.05, 4.69) is 6.58 Å². The Kier molecular flexibility index (Phi) is 4.30. The van der Waals surface area contributed by atoms with Crippen LogP contribution in [0, 0.1) is 5.82 Å². The SMILES string of the molecule is C=C(CC)CC(N)c1cc(Cl)ccc1F. The van der Waals surface area contributed by atoms with Crippen molar-refractivity contribution in [1.29, 1.82) is 0 Å². The van der Waals surface area contributed by atoms with Crippen molar-refractivity contribution in [2.75, 3.05) is 0 Å². The molecule has 0 bridgehead atoms. The van der Waals surface area contributed by atoms with Crippen molar-refractivity contribution in [3.8, 4) is 0 Å². The summed E-state index contributed by atoms with van der Waals surface area (Å²) in [6.45, 7) is 5.86. The molecule has 0 amide bonds. The zero-order valence-corrected chi connectivity index (χ0v) is 9.52. The molecule has 82 valence electrons. The molecule has 1 unspecified atom stereocenters. The molecule has 0 radical (unpaired) electrons. The molecule has 0 fully saturated rings. The Morgan fingerprint density at radius 3 is 2.87 bits per heavy atom. The molecule has 0 aliphatic rings. The van der Waals surface area contributed by atoms with Crippen LogP contribution in [-0.2, 0) is 0 Å². The molecule has 1 aromatic rings. The molecule has 0 saturated heterocycles. The summed E-state index contributed by atoms with van der Waals surface area (Å²) in [4.78, 5) is 0. The van der Waals surface area contributed by atoms with Gasteiger partial charge in [0.05, 0.1) is 0 Å².